The summed E-state index contributed by atoms with van der Waals surface area (Å²) in [6, 6.07) is 10.4. The van der Waals surface area contributed by atoms with Crippen LogP contribution >= 0.6 is 11.6 Å². The second-order valence-corrected chi connectivity index (χ2v) is 6.15. The van der Waals surface area contributed by atoms with E-state index in [0.29, 0.717) is 36.0 Å². The first-order chi connectivity index (χ1) is 12.5. The van der Waals surface area contributed by atoms with Crippen LogP contribution in [0.25, 0.3) is 0 Å². The van der Waals surface area contributed by atoms with Gasteiger partial charge in [0.05, 0.1) is 19.4 Å². The van der Waals surface area contributed by atoms with Crippen LogP contribution in [0.4, 0.5) is 4.79 Å². The van der Waals surface area contributed by atoms with E-state index in [1.807, 2.05) is 18.2 Å². The molecule has 0 aliphatic carbocycles. The van der Waals surface area contributed by atoms with Gasteiger partial charge in [0.15, 0.2) is 0 Å². The van der Waals surface area contributed by atoms with Crippen molar-refractivity contribution >= 4 is 23.8 Å². The Bertz CT molecular complexity index is 794. The van der Waals surface area contributed by atoms with Crippen molar-refractivity contribution in [1.29, 1.82) is 0 Å². The standard InChI is InChI=1S/C19H22ClN3O3/c1-13-4-6-17(10-14(13)2)25-8-3-9-26-18-7-5-16(20)11-15(18)12-22-23-19(21)24/h4-7,10-12H,3,8-9H2,1-2H3,(H3,21,23,24). The summed E-state index contributed by atoms with van der Waals surface area (Å²) in [5, 5.41) is 4.27. The number of primary amides is 1. The fourth-order valence-electron chi connectivity index (χ4n) is 2.15. The van der Waals surface area contributed by atoms with E-state index in [0.717, 1.165) is 5.75 Å². The van der Waals surface area contributed by atoms with Crippen molar-refractivity contribution in [1.82, 2.24) is 5.43 Å². The van der Waals surface area contributed by atoms with Crippen LogP contribution in [-0.2, 0) is 0 Å². The fourth-order valence-corrected chi connectivity index (χ4v) is 2.33. The summed E-state index contributed by atoms with van der Waals surface area (Å²) in [5.74, 6) is 1.46. The SMILES string of the molecule is Cc1ccc(OCCCOc2ccc(Cl)cc2C=NNC(N)=O)cc1C. The summed E-state index contributed by atoms with van der Waals surface area (Å²) in [5.41, 5.74) is 10.2. The summed E-state index contributed by atoms with van der Waals surface area (Å²) in [6.45, 7) is 5.14. The molecule has 2 aromatic carbocycles. The number of hydrogen-bond donors (Lipinski definition) is 2. The van der Waals surface area contributed by atoms with E-state index in [-0.39, 0.29) is 0 Å². The molecule has 7 heteroatoms. The number of nitrogens with one attached hydrogen (secondary N) is 1. The molecule has 0 aliphatic rings. The van der Waals surface area contributed by atoms with E-state index >= 15 is 0 Å². The van der Waals surface area contributed by atoms with Gasteiger partial charge in [-0.05, 0) is 55.3 Å². The number of urea groups is 1. The quantitative estimate of drug-likeness (QED) is 0.418. The normalized spacial score (nSPS) is 10.7. The molecule has 2 aromatic rings. The number of halogens is 1. The summed E-state index contributed by atoms with van der Waals surface area (Å²) < 4.78 is 11.5. The largest absolute Gasteiger partial charge is 0.493 e. The molecular weight excluding hydrogens is 354 g/mol. The van der Waals surface area contributed by atoms with Gasteiger partial charge in [-0.15, -0.1) is 0 Å². The number of rotatable bonds is 8. The number of benzene rings is 2. The predicted octanol–water partition coefficient (Wildman–Crippen LogP) is 3.81. The average Bonchev–Trinajstić information content (AvgIpc) is 2.59. The van der Waals surface area contributed by atoms with Crippen molar-refractivity contribution in [2.45, 2.75) is 20.3 Å². The average molecular weight is 376 g/mol. The molecule has 6 nitrogen and oxygen atoms in total. The highest BCUT2D eigenvalue weighted by molar-refractivity contribution is 6.30. The molecule has 0 spiro atoms. The van der Waals surface area contributed by atoms with E-state index < -0.39 is 6.03 Å². The van der Waals surface area contributed by atoms with Crippen LogP contribution < -0.4 is 20.6 Å². The fraction of sp³-hybridized carbons (Fsp3) is 0.263. The molecule has 3 N–H and O–H groups in total. The number of nitrogens with two attached hydrogens (primary N) is 1. The molecule has 2 rings (SSSR count). The number of aryl methyl sites for hydroxylation is 2. The summed E-state index contributed by atoms with van der Waals surface area (Å²) >= 11 is 5.98. The van der Waals surface area contributed by atoms with E-state index in [9.17, 15) is 4.79 Å². The highest BCUT2D eigenvalue weighted by atomic mass is 35.5. The number of ether oxygens (including phenoxy) is 2. The van der Waals surface area contributed by atoms with Crippen molar-refractivity contribution < 1.29 is 14.3 Å². The summed E-state index contributed by atoms with van der Waals surface area (Å²) in [4.78, 5) is 10.7. The molecule has 0 radical (unpaired) electrons. The number of amides is 2. The molecule has 0 aromatic heterocycles. The molecule has 138 valence electrons. The monoisotopic (exact) mass is 375 g/mol. The lowest BCUT2D eigenvalue weighted by molar-refractivity contribution is 0.247. The van der Waals surface area contributed by atoms with Gasteiger partial charge in [0, 0.05) is 17.0 Å². The van der Waals surface area contributed by atoms with Crippen LogP contribution in [-0.4, -0.2) is 25.5 Å². The second-order valence-electron chi connectivity index (χ2n) is 5.71. The second kappa shape index (κ2) is 9.68. The van der Waals surface area contributed by atoms with Gasteiger partial charge in [0.1, 0.15) is 11.5 Å². The first-order valence-electron chi connectivity index (χ1n) is 8.16. The van der Waals surface area contributed by atoms with E-state index in [1.54, 1.807) is 18.2 Å². The van der Waals surface area contributed by atoms with Crippen LogP contribution in [0.1, 0.15) is 23.1 Å². The van der Waals surface area contributed by atoms with Gasteiger partial charge in [0.25, 0.3) is 0 Å². The van der Waals surface area contributed by atoms with Crippen molar-refractivity contribution in [3.05, 3.63) is 58.1 Å². The zero-order valence-corrected chi connectivity index (χ0v) is 15.5. The lowest BCUT2D eigenvalue weighted by atomic mass is 10.1. The van der Waals surface area contributed by atoms with Crippen molar-refractivity contribution in [2.75, 3.05) is 13.2 Å². The lowest BCUT2D eigenvalue weighted by Gasteiger charge is -2.11. The maximum atomic E-state index is 10.7. The van der Waals surface area contributed by atoms with Crippen molar-refractivity contribution in [3.63, 3.8) is 0 Å². The Morgan fingerprint density at radius 3 is 2.65 bits per heavy atom. The molecule has 2 amide bonds. The van der Waals surface area contributed by atoms with Crippen LogP contribution in [0.5, 0.6) is 11.5 Å². The number of nitrogens with zero attached hydrogens (tertiary/aromatic N) is 1. The van der Waals surface area contributed by atoms with Gasteiger partial charge >= 0.3 is 6.03 Å². The minimum Gasteiger partial charge on any atom is -0.493 e. The highest BCUT2D eigenvalue weighted by Gasteiger charge is 2.04. The Labute approximate surface area is 157 Å². The van der Waals surface area contributed by atoms with Crippen LogP contribution in [0.3, 0.4) is 0 Å². The first kappa shape index (κ1) is 19.6. The van der Waals surface area contributed by atoms with Gasteiger partial charge in [0.2, 0.25) is 0 Å². The van der Waals surface area contributed by atoms with E-state index in [4.69, 9.17) is 26.8 Å². The topological polar surface area (TPSA) is 85.9 Å². The minimum absolute atomic E-state index is 0.469. The predicted molar refractivity (Wildman–Crippen MR) is 103 cm³/mol. The molecule has 0 atom stereocenters. The van der Waals surface area contributed by atoms with Crippen molar-refractivity contribution in [3.8, 4) is 11.5 Å². The third-order valence-corrected chi connectivity index (χ3v) is 3.88. The number of carbonyl (C=O) groups excluding carboxylic acids is 1. The van der Waals surface area contributed by atoms with Crippen LogP contribution in [0.2, 0.25) is 5.02 Å². The van der Waals surface area contributed by atoms with Crippen molar-refractivity contribution in [2.24, 2.45) is 10.8 Å². The number of carbonyl (C=O) groups is 1. The Balaban J connectivity index is 1.84. The summed E-state index contributed by atoms with van der Waals surface area (Å²) in [6.07, 6.45) is 2.14. The Morgan fingerprint density at radius 1 is 1.15 bits per heavy atom. The molecule has 0 saturated heterocycles. The molecule has 0 fully saturated rings. The lowest BCUT2D eigenvalue weighted by Crippen LogP contribution is -2.24. The van der Waals surface area contributed by atoms with Gasteiger partial charge in [-0.1, -0.05) is 17.7 Å². The zero-order chi connectivity index (χ0) is 18.9. The first-order valence-corrected chi connectivity index (χ1v) is 8.54. The molecule has 0 bridgehead atoms. The van der Waals surface area contributed by atoms with Crippen LogP contribution in [0, 0.1) is 13.8 Å². The van der Waals surface area contributed by atoms with Gasteiger partial charge in [-0.3, -0.25) is 0 Å². The zero-order valence-electron chi connectivity index (χ0n) is 14.8. The third kappa shape index (κ3) is 6.29. The minimum atomic E-state index is -0.741. The molecule has 0 saturated carbocycles. The van der Waals surface area contributed by atoms with Gasteiger partial charge < -0.3 is 15.2 Å². The summed E-state index contributed by atoms with van der Waals surface area (Å²) in [7, 11) is 0. The highest BCUT2D eigenvalue weighted by Crippen LogP contribution is 2.22. The Hall–Kier alpha value is -2.73. The Kier molecular flexibility index (Phi) is 7.29. The molecule has 0 aliphatic heterocycles. The van der Waals surface area contributed by atoms with Gasteiger partial charge in [-0.25, -0.2) is 10.2 Å². The van der Waals surface area contributed by atoms with E-state index in [1.165, 1.54) is 17.3 Å². The molecule has 26 heavy (non-hydrogen) atoms. The van der Waals surface area contributed by atoms with Crippen LogP contribution in [0.15, 0.2) is 41.5 Å². The maximum absolute atomic E-state index is 10.7. The maximum Gasteiger partial charge on any atom is 0.332 e. The Morgan fingerprint density at radius 2 is 1.92 bits per heavy atom. The molecular formula is C19H22ClN3O3. The van der Waals surface area contributed by atoms with Gasteiger partial charge in [-0.2, -0.15) is 5.10 Å². The van der Waals surface area contributed by atoms with E-state index in [2.05, 4.69) is 24.4 Å². The number of hydrazone groups is 1. The number of hydrogen-bond acceptors (Lipinski definition) is 4. The molecule has 0 unspecified atom stereocenters. The third-order valence-electron chi connectivity index (χ3n) is 3.64. The smallest absolute Gasteiger partial charge is 0.332 e. The molecule has 0 heterocycles.